The minimum atomic E-state index is -3.44. The molecule has 0 saturated carbocycles. The molecule has 1 aliphatic rings. The molecule has 2 N–H and O–H groups in total. The highest BCUT2D eigenvalue weighted by Gasteiger charge is 2.17. The fraction of sp³-hybridized carbons (Fsp3) is 0.571. The Morgan fingerprint density at radius 1 is 1.19 bits per heavy atom. The summed E-state index contributed by atoms with van der Waals surface area (Å²) < 4.78 is 37.1. The smallest absolute Gasteiger partial charge is 0.240 e. The van der Waals surface area contributed by atoms with Gasteiger partial charge < -0.3 is 14.8 Å². The van der Waals surface area contributed by atoms with Crippen LogP contribution < -0.4 is 10.0 Å². The minimum absolute atomic E-state index is 0.324. The Morgan fingerprint density at radius 2 is 2.00 bits per heavy atom. The lowest BCUT2D eigenvalue weighted by molar-refractivity contribution is 0.0699. The molecule has 0 spiro atoms. The molecule has 0 amide bonds. The van der Waals surface area contributed by atoms with E-state index >= 15 is 0 Å². The Bertz CT molecular complexity index is 560. The van der Waals surface area contributed by atoms with Crippen LogP contribution in [0, 0.1) is 0 Å². The molecule has 0 bridgehead atoms. The first-order chi connectivity index (χ1) is 10.1. The first-order valence-electron chi connectivity index (χ1n) is 7.02. The van der Waals surface area contributed by atoms with Crippen LogP contribution in [0.5, 0.6) is 0 Å². The Hall–Kier alpha value is -0.990. The molecule has 6 nitrogen and oxygen atoms in total. The minimum Gasteiger partial charge on any atom is -0.382 e. The molecule has 1 aromatic rings. The number of hydrogen-bond donors (Lipinski definition) is 2. The lowest BCUT2D eigenvalue weighted by Gasteiger charge is -2.08. The molecule has 7 heteroatoms. The molecule has 118 valence electrons. The van der Waals surface area contributed by atoms with E-state index in [9.17, 15) is 8.42 Å². The molecule has 1 heterocycles. The quantitative estimate of drug-likeness (QED) is 0.654. The zero-order valence-corrected chi connectivity index (χ0v) is 13.0. The van der Waals surface area contributed by atoms with Gasteiger partial charge in [0.2, 0.25) is 10.0 Å². The SMILES string of the molecule is COCCOCCCNS(=O)(=O)c1ccc2c(c1)CNC2. The third-order valence-electron chi connectivity index (χ3n) is 3.31. The number of nitrogens with one attached hydrogen (secondary N) is 2. The summed E-state index contributed by atoms with van der Waals surface area (Å²) in [5, 5.41) is 3.20. The number of sulfonamides is 1. The molecular weight excluding hydrogens is 292 g/mol. The van der Waals surface area contributed by atoms with E-state index in [-0.39, 0.29) is 0 Å². The van der Waals surface area contributed by atoms with Crippen LogP contribution in [0.25, 0.3) is 0 Å². The van der Waals surface area contributed by atoms with E-state index in [1.807, 2.05) is 6.07 Å². The van der Waals surface area contributed by atoms with Crippen LogP contribution in [0.15, 0.2) is 23.1 Å². The summed E-state index contributed by atoms with van der Waals surface area (Å²) >= 11 is 0. The second-order valence-electron chi connectivity index (χ2n) is 4.89. The Labute approximate surface area is 125 Å². The lowest BCUT2D eigenvalue weighted by atomic mass is 10.1. The fourth-order valence-corrected chi connectivity index (χ4v) is 3.27. The molecular formula is C14H22N2O4S. The predicted octanol–water partition coefficient (Wildman–Crippen LogP) is 0.621. The maximum Gasteiger partial charge on any atom is 0.240 e. The monoisotopic (exact) mass is 314 g/mol. The summed E-state index contributed by atoms with van der Waals surface area (Å²) in [7, 11) is -1.82. The van der Waals surface area contributed by atoms with Crippen molar-refractivity contribution >= 4 is 10.0 Å². The average molecular weight is 314 g/mol. The highest BCUT2D eigenvalue weighted by Crippen LogP contribution is 2.19. The molecule has 2 rings (SSSR count). The van der Waals surface area contributed by atoms with Gasteiger partial charge in [-0.1, -0.05) is 6.07 Å². The van der Waals surface area contributed by atoms with Crippen molar-refractivity contribution < 1.29 is 17.9 Å². The van der Waals surface area contributed by atoms with Gasteiger partial charge in [0.05, 0.1) is 18.1 Å². The van der Waals surface area contributed by atoms with Gasteiger partial charge >= 0.3 is 0 Å². The topological polar surface area (TPSA) is 76.7 Å². The molecule has 0 atom stereocenters. The molecule has 21 heavy (non-hydrogen) atoms. The van der Waals surface area contributed by atoms with E-state index in [2.05, 4.69) is 10.0 Å². The Kier molecular flexibility index (Phi) is 6.13. The van der Waals surface area contributed by atoms with Crippen molar-refractivity contribution in [3.63, 3.8) is 0 Å². The number of ether oxygens (including phenoxy) is 2. The highest BCUT2D eigenvalue weighted by atomic mass is 32.2. The van der Waals surface area contributed by atoms with Crippen molar-refractivity contribution in [1.82, 2.24) is 10.0 Å². The number of hydrogen-bond acceptors (Lipinski definition) is 5. The second-order valence-corrected chi connectivity index (χ2v) is 6.66. The zero-order chi connectivity index (χ0) is 15.1. The van der Waals surface area contributed by atoms with Crippen LogP contribution in [-0.2, 0) is 32.6 Å². The summed E-state index contributed by atoms with van der Waals surface area (Å²) in [5.74, 6) is 0. The molecule has 0 radical (unpaired) electrons. The molecule has 0 aromatic heterocycles. The van der Waals surface area contributed by atoms with Crippen LogP contribution in [-0.4, -0.2) is 41.9 Å². The number of rotatable bonds is 9. The van der Waals surface area contributed by atoms with Crippen molar-refractivity contribution in [2.45, 2.75) is 24.4 Å². The second kappa shape index (κ2) is 7.86. The highest BCUT2D eigenvalue weighted by molar-refractivity contribution is 7.89. The van der Waals surface area contributed by atoms with E-state index in [0.29, 0.717) is 37.7 Å². The van der Waals surface area contributed by atoms with E-state index in [1.54, 1.807) is 19.2 Å². The van der Waals surface area contributed by atoms with E-state index in [0.717, 1.165) is 18.7 Å². The van der Waals surface area contributed by atoms with Crippen LogP contribution in [0.1, 0.15) is 17.5 Å². The lowest BCUT2D eigenvalue weighted by Crippen LogP contribution is -2.25. The van der Waals surface area contributed by atoms with Crippen LogP contribution in [0.2, 0.25) is 0 Å². The molecule has 0 fully saturated rings. The van der Waals surface area contributed by atoms with Crippen molar-refractivity contribution in [3.05, 3.63) is 29.3 Å². The van der Waals surface area contributed by atoms with Gasteiger partial charge in [-0.15, -0.1) is 0 Å². The zero-order valence-electron chi connectivity index (χ0n) is 12.2. The maximum atomic E-state index is 12.2. The van der Waals surface area contributed by atoms with Gasteiger partial charge in [-0.05, 0) is 29.7 Å². The Morgan fingerprint density at radius 3 is 2.81 bits per heavy atom. The molecule has 0 saturated heterocycles. The molecule has 1 aromatic carbocycles. The largest absolute Gasteiger partial charge is 0.382 e. The van der Waals surface area contributed by atoms with Gasteiger partial charge in [0.15, 0.2) is 0 Å². The average Bonchev–Trinajstić information content (AvgIpc) is 2.93. The van der Waals surface area contributed by atoms with Crippen LogP contribution in [0.3, 0.4) is 0 Å². The van der Waals surface area contributed by atoms with Crippen molar-refractivity contribution in [2.24, 2.45) is 0 Å². The maximum absolute atomic E-state index is 12.2. The third kappa shape index (κ3) is 4.76. The third-order valence-corrected chi connectivity index (χ3v) is 4.77. The van der Waals surface area contributed by atoms with Crippen molar-refractivity contribution in [3.8, 4) is 0 Å². The van der Waals surface area contributed by atoms with Crippen molar-refractivity contribution in [1.29, 1.82) is 0 Å². The summed E-state index contributed by atoms with van der Waals surface area (Å²) in [6.07, 6.45) is 0.634. The first kappa shape index (κ1) is 16.4. The molecule has 0 aliphatic carbocycles. The predicted molar refractivity (Wildman–Crippen MR) is 79.5 cm³/mol. The fourth-order valence-electron chi connectivity index (χ4n) is 2.15. The molecule has 0 unspecified atom stereocenters. The number of fused-ring (bicyclic) bond motifs is 1. The number of methoxy groups -OCH3 is 1. The van der Waals surface area contributed by atoms with Gasteiger partial charge in [0.1, 0.15) is 0 Å². The van der Waals surface area contributed by atoms with Gasteiger partial charge in [-0.3, -0.25) is 0 Å². The van der Waals surface area contributed by atoms with Crippen LogP contribution >= 0.6 is 0 Å². The summed E-state index contributed by atoms with van der Waals surface area (Å²) in [6, 6.07) is 5.27. The van der Waals surface area contributed by atoms with E-state index in [1.165, 1.54) is 5.56 Å². The van der Waals surface area contributed by atoms with E-state index in [4.69, 9.17) is 9.47 Å². The van der Waals surface area contributed by atoms with Crippen molar-refractivity contribution in [2.75, 3.05) is 33.5 Å². The van der Waals surface area contributed by atoms with Gasteiger partial charge in [-0.2, -0.15) is 0 Å². The van der Waals surface area contributed by atoms with Gasteiger partial charge in [-0.25, -0.2) is 13.1 Å². The normalized spacial score (nSPS) is 14.3. The number of benzene rings is 1. The van der Waals surface area contributed by atoms with Gasteiger partial charge in [0.25, 0.3) is 0 Å². The van der Waals surface area contributed by atoms with E-state index < -0.39 is 10.0 Å². The summed E-state index contributed by atoms with van der Waals surface area (Å²) in [5.41, 5.74) is 2.22. The summed E-state index contributed by atoms with van der Waals surface area (Å²) in [4.78, 5) is 0.324. The molecule has 1 aliphatic heterocycles. The first-order valence-corrected chi connectivity index (χ1v) is 8.50. The standard InChI is InChI=1S/C14H22N2O4S/c1-19-7-8-20-6-2-5-16-21(17,18)14-4-3-12-10-15-11-13(12)9-14/h3-4,9,15-16H,2,5-8,10-11H2,1H3. The van der Waals surface area contributed by atoms with Crippen LogP contribution in [0.4, 0.5) is 0 Å². The summed E-state index contributed by atoms with van der Waals surface area (Å²) in [6.45, 7) is 3.49. The van der Waals surface area contributed by atoms with Gasteiger partial charge in [0, 0.05) is 33.4 Å². The Balaban J connectivity index is 1.79.